The molecule has 0 aromatic carbocycles. The fourth-order valence-corrected chi connectivity index (χ4v) is 1.45. The summed E-state index contributed by atoms with van der Waals surface area (Å²) in [4.78, 5) is 14.5. The van der Waals surface area contributed by atoms with Crippen molar-refractivity contribution in [1.82, 2.24) is 4.98 Å². The minimum atomic E-state index is -0.972. The van der Waals surface area contributed by atoms with Crippen molar-refractivity contribution in [2.24, 2.45) is 0 Å². The smallest absolute Gasteiger partial charge is 0.311 e. The molecule has 1 atom stereocenters. The average Bonchev–Trinajstić information content (AvgIpc) is 2.18. The third kappa shape index (κ3) is 2.89. The first kappa shape index (κ1) is 11.9. The van der Waals surface area contributed by atoms with Gasteiger partial charge in [-0.1, -0.05) is 24.9 Å². The largest absolute Gasteiger partial charge is 0.481 e. The van der Waals surface area contributed by atoms with E-state index in [0.717, 1.165) is 6.07 Å². The number of carboxylic acid groups (broad SMARTS) is 1. The van der Waals surface area contributed by atoms with Crippen molar-refractivity contribution in [1.29, 1.82) is 0 Å². The van der Waals surface area contributed by atoms with Gasteiger partial charge in [-0.25, -0.2) is 9.37 Å². The lowest BCUT2D eigenvalue weighted by atomic mass is 9.96. The molecule has 1 N–H and O–H groups in total. The maximum Gasteiger partial charge on any atom is 0.311 e. The number of hydrogen-bond donors (Lipinski definition) is 1. The first-order valence-electron chi connectivity index (χ1n) is 4.60. The fraction of sp³-hybridized carbons (Fsp3) is 0.400. The predicted molar refractivity (Wildman–Crippen MR) is 54.5 cm³/mol. The van der Waals surface area contributed by atoms with E-state index in [1.54, 1.807) is 0 Å². The van der Waals surface area contributed by atoms with Crippen LogP contribution in [-0.4, -0.2) is 16.1 Å². The summed E-state index contributed by atoms with van der Waals surface area (Å²) in [7, 11) is 0. The molecule has 15 heavy (non-hydrogen) atoms. The van der Waals surface area contributed by atoms with Crippen LogP contribution in [0.1, 0.15) is 31.2 Å². The lowest BCUT2D eigenvalue weighted by Crippen LogP contribution is -2.12. The van der Waals surface area contributed by atoms with Gasteiger partial charge >= 0.3 is 5.97 Å². The van der Waals surface area contributed by atoms with Crippen molar-refractivity contribution < 1.29 is 14.3 Å². The Kier molecular flexibility index (Phi) is 4.03. The van der Waals surface area contributed by atoms with Gasteiger partial charge in [-0.3, -0.25) is 4.79 Å². The molecule has 0 saturated heterocycles. The Balaban J connectivity index is 3.01. The van der Waals surface area contributed by atoms with Gasteiger partial charge in [0.15, 0.2) is 11.0 Å². The third-order valence-corrected chi connectivity index (χ3v) is 2.37. The van der Waals surface area contributed by atoms with E-state index in [-0.39, 0.29) is 5.15 Å². The highest BCUT2D eigenvalue weighted by Gasteiger charge is 2.20. The van der Waals surface area contributed by atoms with E-state index in [4.69, 9.17) is 16.7 Å². The van der Waals surface area contributed by atoms with Crippen molar-refractivity contribution in [3.8, 4) is 0 Å². The minimum absolute atomic E-state index is 0.237. The average molecular weight is 232 g/mol. The molecular weight excluding hydrogens is 221 g/mol. The normalized spacial score (nSPS) is 12.5. The van der Waals surface area contributed by atoms with Gasteiger partial charge in [0, 0.05) is 6.20 Å². The van der Waals surface area contributed by atoms with Gasteiger partial charge in [0.1, 0.15) is 0 Å². The van der Waals surface area contributed by atoms with Gasteiger partial charge in [-0.05, 0) is 18.1 Å². The molecule has 1 aromatic rings. The second-order valence-electron chi connectivity index (χ2n) is 3.22. The lowest BCUT2D eigenvalue weighted by molar-refractivity contribution is -0.139. The summed E-state index contributed by atoms with van der Waals surface area (Å²) in [6.45, 7) is 1.87. The predicted octanol–water partition coefficient (Wildman–Crippen LogP) is 2.84. The van der Waals surface area contributed by atoms with Crippen LogP contribution in [0.5, 0.6) is 0 Å². The van der Waals surface area contributed by atoms with Crippen LogP contribution >= 0.6 is 11.6 Å². The molecule has 0 bridgehead atoms. The van der Waals surface area contributed by atoms with E-state index in [2.05, 4.69) is 4.98 Å². The fourth-order valence-electron chi connectivity index (χ4n) is 1.35. The molecule has 82 valence electrons. The number of carbonyl (C=O) groups is 1. The zero-order valence-electron chi connectivity index (χ0n) is 8.20. The zero-order chi connectivity index (χ0) is 11.4. The van der Waals surface area contributed by atoms with Crippen molar-refractivity contribution in [3.05, 3.63) is 28.8 Å². The first-order chi connectivity index (χ1) is 7.06. The molecule has 3 nitrogen and oxygen atoms in total. The number of aliphatic carboxylic acids is 1. The van der Waals surface area contributed by atoms with E-state index in [0.29, 0.717) is 18.4 Å². The number of nitrogens with zero attached hydrogens (tertiary/aromatic N) is 1. The van der Waals surface area contributed by atoms with Crippen LogP contribution in [0.4, 0.5) is 4.39 Å². The number of pyridine rings is 1. The van der Waals surface area contributed by atoms with Crippen LogP contribution in [0.25, 0.3) is 0 Å². The second-order valence-corrected chi connectivity index (χ2v) is 3.58. The molecule has 0 aliphatic heterocycles. The Morgan fingerprint density at radius 3 is 2.87 bits per heavy atom. The van der Waals surface area contributed by atoms with Crippen LogP contribution in [-0.2, 0) is 4.79 Å². The maximum atomic E-state index is 13.1. The quantitative estimate of drug-likeness (QED) is 0.811. The molecule has 1 aromatic heterocycles. The molecule has 0 aliphatic carbocycles. The van der Waals surface area contributed by atoms with E-state index in [9.17, 15) is 9.18 Å². The molecule has 0 amide bonds. The summed E-state index contributed by atoms with van der Waals surface area (Å²) >= 11 is 5.41. The first-order valence-corrected chi connectivity index (χ1v) is 4.97. The van der Waals surface area contributed by atoms with Gasteiger partial charge in [0.05, 0.1) is 5.92 Å². The second kappa shape index (κ2) is 5.07. The molecule has 1 unspecified atom stereocenters. The lowest BCUT2D eigenvalue weighted by Gasteiger charge is -2.11. The molecule has 0 saturated carbocycles. The molecule has 0 fully saturated rings. The molecule has 1 heterocycles. The maximum absolute atomic E-state index is 13.1. The monoisotopic (exact) mass is 231 g/mol. The molecule has 0 radical (unpaired) electrons. The van der Waals surface area contributed by atoms with Gasteiger partial charge in [-0.15, -0.1) is 0 Å². The number of aromatic nitrogens is 1. The Hall–Kier alpha value is -1.16. The van der Waals surface area contributed by atoms with Gasteiger partial charge in [-0.2, -0.15) is 0 Å². The Labute approximate surface area is 91.9 Å². The molecule has 0 aliphatic rings. The summed E-state index contributed by atoms with van der Waals surface area (Å²) < 4.78 is 13.1. The Bertz CT molecular complexity index is 370. The van der Waals surface area contributed by atoms with E-state index >= 15 is 0 Å². The Morgan fingerprint density at radius 1 is 1.73 bits per heavy atom. The topological polar surface area (TPSA) is 50.2 Å². The van der Waals surface area contributed by atoms with Gasteiger partial charge in [0.2, 0.25) is 0 Å². The van der Waals surface area contributed by atoms with Gasteiger partial charge < -0.3 is 5.11 Å². The minimum Gasteiger partial charge on any atom is -0.481 e. The van der Waals surface area contributed by atoms with Crippen molar-refractivity contribution >= 4 is 17.6 Å². The number of carboxylic acids is 1. The Morgan fingerprint density at radius 2 is 2.40 bits per heavy atom. The highest BCUT2D eigenvalue weighted by atomic mass is 35.5. The number of halogens is 2. The van der Waals surface area contributed by atoms with Crippen molar-refractivity contribution in [2.75, 3.05) is 0 Å². The van der Waals surface area contributed by atoms with Crippen molar-refractivity contribution in [3.63, 3.8) is 0 Å². The highest BCUT2D eigenvalue weighted by molar-refractivity contribution is 6.29. The van der Waals surface area contributed by atoms with Crippen LogP contribution in [0.3, 0.4) is 0 Å². The zero-order valence-corrected chi connectivity index (χ0v) is 8.96. The summed E-state index contributed by atoms with van der Waals surface area (Å²) in [5, 5.41) is 8.70. The molecule has 5 heteroatoms. The van der Waals surface area contributed by atoms with E-state index in [1.807, 2.05) is 6.92 Å². The summed E-state index contributed by atoms with van der Waals surface area (Å²) in [5.74, 6) is -2.37. The molecular formula is C10H11ClFNO2. The van der Waals surface area contributed by atoms with Crippen LogP contribution in [0.2, 0.25) is 5.15 Å². The standard InChI is InChI=1S/C10H11ClFNO2/c1-2-3-7(10(14)15)6-4-8(12)9(11)13-5-6/h4-5,7H,2-3H2,1H3,(H,14,15). The van der Waals surface area contributed by atoms with Crippen LogP contribution in [0, 0.1) is 5.82 Å². The van der Waals surface area contributed by atoms with Crippen molar-refractivity contribution in [2.45, 2.75) is 25.7 Å². The summed E-state index contributed by atoms with van der Waals surface area (Å²) in [6, 6.07) is 1.13. The summed E-state index contributed by atoms with van der Waals surface area (Å²) in [5.41, 5.74) is 0.353. The van der Waals surface area contributed by atoms with E-state index in [1.165, 1.54) is 6.20 Å². The van der Waals surface area contributed by atoms with Gasteiger partial charge in [0.25, 0.3) is 0 Å². The highest BCUT2D eigenvalue weighted by Crippen LogP contribution is 2.23. The van der Waals surface area contributed by atoms with E-state index < -0.39 is 17.7 Å². The number of hydrogen-bond acceptors (Lipinski definition) is 2. The summed E-state index contributed by atoms with van der Waals surface area (Å²) in [6.07, 6.45) is 2.47. The van der Waals surface area contributed by atoms with Crippen LogP contribution < -0.4 is 0 Å². The molecule has 0 spiro atoms. The number of rotatable bonds is 4. The SMILES string of the molecule is CCCC(C(=O)O)c1cnc(Cl)c(F)c1. The third-order valence-electron chi connectivity index (χ3n) is 2.10. The molecule has 1 rings (SSSR count). The van der Waals surface area contributed by atoms with Crippen LogP contribution in [0.15, 0.2) is 12.3 Å².